The van der Waals surface area contributed by atoms with Crippen molar-refractivity contribution < 1.29 is 14.0 Å². The molecule has 3 aromatic rings. The molecule has 2 heterocycles. The summed E-state index contributed by atoms with van der Waals surface area (Å²) in [7, 11) is 0. The molecule has 0 radical (unpaired) electrons. The molecule has 31 heavy (non-hydrogen) atoms. The SMILES string of the molecule is Cc1nc([C@H]2CCCN2C(=O)c2ccccc2)ncc1C(=O)NCc1ccc(F)cc1. The van der Waals surface area contributed by atoms with Crippen LogP contribution in [0.15, 0.2) is 60.8 Å². The van der Waals surface area contributed by atoms with E-state index in [0.717, 1.165) is 18.4 Å². The first-order chi connectivity index (χ1) is 15.0. The van der Waals surface area contributed by atoms with Gasteiger partial charge in [-0.1, -0.05) is 30.3 Å². The van der Waals surface area contributed by atoms with Crippen molar-refractivity contribution in [2.45, 2.75) is 32.4 Å². The van der Waals surface area contributed by atoms with Gasteiger partial charge in [0.2, 0.25) is 0 Å². The van der Waals surface area contributed by atoms with Gasteiger partial charge in [-0.25, -0.2) is 14.4 Å². The van der Waals surface area contributed by atoms with Crippen molar-refractivity contribution in [3.63, 3.8) is 0 Å². The number of benzene rings is 2. The van der Waals surface area contributed by atoms with Crippen molar-refractivity contribution in [1.29, 1.82) is 0 Å². The Hall–Kier alpha value is -3.61. The number of aromatic nitrogens is 2. The summed E-state index contributed by atoms with van der Waals surface area (Å²) in [6.45, 7) is 2.69. The summed E-state index contributed by atoms with van der Waals surface area (Å²) >= 11 is 0. The molecule has 2 aromatic carbocycles. The van der Waals surface area contributed by atoms with Gasteiger partial charge < -0.3 is 10.2 Å². The summed E-state index contributed by atoms with van der Waals surface area (Å²) < 4.78 is 13.0. The van der Waals surface area contributed by atoms with Gasteiger partial charge in [0.1, 0.15) is 5.82 Å². The van der Waals surface area contributed by atoms with Crippen LogP contribution in [-0.4, -0.2) is 33.2 Å². The van der Waals surface area contributed by atoms with Crippen LogP contribution in [0.3, 0.4) is 0 Å². The molecular weight excluding hydrogens is 395 g/mol. The second kappa shape index (κ2) is 9.04. The monoisotopic (exact) mass is 418 g/mol. The first-order valence-electron chi connectivity index (χ1n) is 10.2. The molecule has 1 aliphatic heterocycles. The van der Waals surface area contributed by atoms with E-state index in [4.69, 9.17) is 0 Å². The fourth-order valence-electron chi connectivity index (χ4n) is 3.77. The predicted molar refractivity (Wildman–Crippen MR) is 114 cm³/mol. The maximum absolute atomic E-state index is 13.0. The van der Waals surface area contributed by atoms with E-state index in [9.17, 15) is 14.0 Å². The Morgan fingerprint density at radius 3 is 2.58 bits per heavy atom. The number of halogens is 1. The number of nitrogens with one attached hydrogen (secondary N) is 1. The molecule has 1 aliphatic rings. The molecule has 1 N–H and O–H groups in total. The van der Waals surface area contributed by atoms with Crippen LogP contribution in [0.5, 0.6) is 0 Å². The number of hydrogen-bond acceptors (Lipinski definition) is 4. The zero-order chi connectivity index (χ0) is 21.8. The van der Waals surface area contributed by atoms with Gasteiger partial charge in [-0.3, -0.25) is 9.59 Å². The number of likely N-dealkylation sites (tertiary alicyclic amines) is 1. The molecule has 1 fully saturated rings. The molecule has 0 spiro atoms. The van der Waals surface area contributed by atoms with Crippen molar-refractivity contribution in [3.8, 4) is 0 Å². The molecule has 2 amide bonds. The van der Waals surface area contributed by atoms with Crippen molar-refractivity contribution in [2.75, 3.05) is 6.54 Å². The van der Waals surface area contributed by atoms with Gasteiger partial charge in [0, 0.05) is 24.8 Å². The highest BCUT2D eigenvalue weighted by Crippen LogP contribution is 2.31. The summed E-state index contributed by atoms with van der Waals surface area (Å²) in [6, 6.07) is 14.9. The van der Waals surface area contributed by atoms with Gasteiger partial charge in [0.15, 0.2) is 5.82 Å². The molecule has 0 bridgehead atoms. The Kier molecular flexibility index (Phi) is 6.02. The Morgan fingerprint density at radius 1 is 1.13 bits per heavy atom. The van der Waals surface area contributed by atoms with E-state index in [2.05, 4.69) is 15.3 Å². The van der Waals surface area contributed by atoms with Gasteiger partial charge in [-0.05, 0) is 49.6 Å². The highest BCUT2D eigenvalue weighted by Gasteiger charge is 2.32. The summed E-state index contributed by atoms with van der Waals surface area (Å²) in [5, 5.41) is 2.81. The molecule has 1 aromatic heterocycles. The first-order valence-corrected chi connectivity index (χ1v) is 10.2. The van der Waals surface area contributed by atoms with Crippen molar-refractivity contribution in [1.82, 2.24) is 20.2 Å². The van der Waals surface area contributed by atoms with E-state index >= 15 is 0 Å². The number of rotatable bonds is 5. The first kappa shape index (κ1) is 20.7. The van der Waals surface area contributed by atoms with Crippen LogP contribution in [0.2, 0.25) is 0 Å². The minimum absolute atomic E-state index is 0.0366. The van der Waals surface area contributed by atoms with Crippen LogP contribution < -0.4 is 5.32 Å². The molecule has 0 saturated carbocycles. The fraction of sp³-hybridized carbons (Fsp3) is 0.250. The molecule has 1 saturated heterocycles. The number of aryl methyl sites for hydroxylation is 1. The Labute approximate surface area is 180 Å². The zero-order valence-electron chi connectivity index (χ0n) is 17.2. The molecule has 1 atom stereocenters. The zero-order valence-corrected chi connectivity index (χ0v) is 17.2. The van der Waals surface area contributed by atoms with E-state index < -0.39 is 0 Å². The second-order valence-electron chi connectivity index (χ2n) is 7.56. The molecule has 0 aliphatic carbocycles. The molecule has 7 heteroatoms. The van der Waals surface area contributed by atoms with E-state index in [-0.39, 0.29) is 30.2 Å². The highest BCUT2D eigenvalue weighted by molar-refractivity contribution is 5.95. The average Bonchev–Trinajstić information content (AvgIpc) is 3.28. The standard InChI is InChI=1S/C24H23FN4O2/c1-16-20(23(30)27-14-17-9-11-19(25)12-10-17)15-26-22(28-16)21-8-5-13-29(21)24(31)18-6-3-2-4-7-18/h2-4,6-7,9-12,15,21H,5,8,13-14H2,1H3,(H,27,30)/t21-/m1/s1. The van der Waals surface area contributed by atoms with Crippen LogP contribution in [0.4, 0.5) is 4.39 Å². The normalized spacial score (nSPS) is 15.7. The summed E-state index contributed by atoms with van der Waals surface area (Å²) in [5.41, 5.74) is 2.37. The second-order valence-corrected chi connectivity index (χ2v) is 7.56. The van der Waals surface area contributed by atoms with Gasteiger partial charge in [-0.15, -0.1) is 0 Å². The molecule has 0 unspecified atom stereocenters. The maximum Gasteiger partial charge on any atom is 0.254 e. The third-order valence-electron chi connectivity index (χ3n) is 5.44. The quantitative estimate of drug-likeness (QED) is 0.683. The van der Waals surface area contributed by atoms with Gasteiger partial charge >= 0.3 is 0 Å². The Balaban J connectivity index is 1.46. The lowest BCUT2D eigenvalue weighted by Gasteiger charge is -2.24. The molecule has 158 valence electrons. The van der Waals surface area contributed by atoms with Gasteiger partial charge in [0.05, 0.1) is 17.3 Å². The van der Waals surface area contributed by atoms with E-state index in [1.54, 1.807) is 36.1 Å². The third-order valence-corrected chi connectivity index (χ3v) is 5.44. The largest absolute Gasteiger partial charge is 0.348 e. The third kappa shape index (κ3) is 4.60. The number of hydrogen-bond donors (Lipinski definition) is 1. The van der Waals surface area contributed by atoms with E-state index in [0.29, 0.717) is 29.2 Å². The highest BCUT2D eigenvalue weighted by atomic mass is 19.1. The van der Waals surface area contributed by atoms with Crippen LogP contribution in [-0.2, 0) is 6.54 Å². The van der Waals surface area contributed by atoms with Crippen LogP contribution in [0.25, 0.3) is 0 Å². The van der Waals surface area contributed by atoms with Crippen LogP contribution in [0, 0.1) is 12.7 Å². The van der Waals surface area contributed by atoms with Gasteiger partial charge in [-0.2, -0.15) is 0 Å². The van der Waals surface area contributed by atoms with E-state index in [1.807, 2.05) is 18.2 Å². The summed E-state index contributed by atoms with van der Waals surface area (Å²) in [4.78, 5) is 36.3. The number of carbonyl (C=O) groups excluding carboxylic acids is 2. The summed E-state index contributed by atoms with van der Waals surface area (Å²) in [6.07, 6.45) is 3.18. The lowest BCUT2D eigenvalue weighted by atomic mass is 10.1. The Morgan fingerprint density at radius 2 is 1.87 bits per heavy atom. The summed E-state index contributed by atoms with van der Waals surface area (Å²) in [5.74, 6) is -0.0986. The minimum Gasteiger partial charge on any atom is -0.348 e. The fourth-order valence-corrected chi connectivity index (χ4v) is 3.77. The number of nitrogens with zero attached hydrogens (tertiary/aromatic N) is 3. The van der Waals surface area contributed by atoms with Crippen molar-refractivity contribution in [2.24, 2.45) is 0 Å². The maximum atomic E-state index is 13.0. The van der Waals surface area contributed by atoms with Crippen molar-refractivity contribution >= 4 is 11.8 Å². The lowest BCUT2D eigenvalue weighted by molar-refractivity contribution is 0.0729. The van der Waals surface area contributed by atoms with E-state index in [1.165, 1.54) is 18.3 Å². The molecular formula is C24H23FN4O2. The molecule has 6 nitrogen and oxygen atoms in total. The Bertz CT molecular complexity index is 1090. The lowest BCUT2D eigenvalue weighted by Crippen LogP contribution is -2.32. The number of carbonyl (C=O) groups is 2. The smallest absolute Gasteiger partial charge is 0.254 e. The van der Waals surface area contributed by atoms with Crippen molar-refractivity contribution in [3.05, 3.63) is 94.8 Å². The predicted octanol–water partition coefficient (Wildman–Crippen LogP) is 3.83. The number of amides is 2. The topological polar surface area (TPSA) is 75.2 Å². The van der Waals surface area contributed by atoms with Crippen LogP contribution in [0.1, 0.15) is 56.7 Å². The average molecular weight is 418 g/mol. The van der Waals surface area contributed by atoms with Crippen LogP contribution >= 0.6 is 0 Å². The van der Waals surface area contributed by atoms with Gasteiger partial charge in [0.25, 0.3) is 11.8 Å². The molecule has 4 rings (SSSR count). The minimum atomic E-state index is -0.318.